The smallest absolute Gasteiger partial charge is 0.326 e. The summed E-state index contributed by atoms with van der Waals surface area (Å²) in [5.41, 5.74) is 5.66. The van der Waals surface area contributed by atoms with Gasteiger partial charge in [0.1, 0.15) is 12.3 Å². The van der Waals surface area contributed by atoms with Gasteiger partial charge in [0.25, 0.3) is 17.1 Å². The molecule has 8 nitrogen and oxygen atoms in total. The Bertz CT molecular complexity index is 824. The van der Waals surface area contributed by atoms with E-state index in [-0.39, 0.29) is 17.6 Å². The van der Waals surface area contributed by atoms with Gasteiger partial charge in [0.15, 0.2) is 6.61 Å². The maximum absolute atomic E-state index is 12.4. The van der Waals surface area contributed by atoms with E-state index >= 15 is 0 Å². The van der Waals surface area contributed by atoms with Crippen LogP contribution in [0.15, 0.2) is 27.6 Å². The third-order valence-corrected chi connectivity index (χ3v) is 4.68. The number of hydrogen-bond donors (Lipinski definition) is 1. The molecule has 10 heteroatoms. The average molecular weight is 457 g/mol. The van der Waals surface area contributed by atoms with Crippen molar-refractivity contribution in [3.05, 3.63) is 33.1 Å². The number of nitrogens with two attached hydrogens (primary N) is 1. The van der Waals surface area contributed by atoms with Gasteiger partial charge in [-0.1, -0.05) is 6.07 Å². The van der Waals surface area contributed by atoms with Gasteiger partial charge in [-0.15, -0.1) is 0 Å². The molecule has 1 fully saturated rings. The zero-order valence-electron chi connectivity index (χ0n) is 14.6. The summed E-state index contributed by atoms with van der Waals surface area (Å²) < 4.78 is 10.7. The molecule has 0 saturated carbocycles. The van der Waals surface area contributed by atoms with E-state index in [2.05, 4.69) is 15.9 Å². The summed E-state index contributed by atoms with van der Waals surface area (Å²) >= 11 is 4.05. The SMILES string of the molecule is CC(C)OC(=O)CN1C(=O)S/C(=C\c2ccc(OCC(N)=O)c(Br)c2)C1=O. The first-order valence-corrected chi connectivity index (χ1v) is 9.44. The molecule has 3 amide bonds. The fourth-order valence-corrected chi connectivity index (χ4v) is 3.44. The molecule has 27 heavy (non-hydrogen) atoms. The number of imide groups is 1. The van der Waals surface area contributed by atoms with Gasteiger partial charge in [-0.05, 0) is 65.3 Å². The second-order valence-corrected chi connectivity index (χ2v) is 7.60. The second-order valence-electron chi connectivity index (χ2n) is 5.75. The fraction of sp³-hybridized carbons (Fsp3) is 0.294. The molecule has 0 aliphatic carbocycles. The van der Waals surface area contributed by atoms with Crippen LogP contribution in [0.3, 0.4) is 0 Å². The van der Waals surface area contributed by atoms with Crippen LogP contribution in [-0.4, -0.2) is 47.2 Å². The monoisotopic (exact) mass is 456 g/mol. The number of hydrogen-bond acceptors (Lipinski definition) is 7. The van der Waals surface area contributed by atoms with Crippen molar-refractivity contribution in [3.63, 3.8) is 0 Å². The van der Waals surface area contributed by atoms with Gasteiger partial charge >= 0.3 is 5.97 Å². The lowest BCUT2D eigenvalue weighted by atomic mass is 10.2. The minimum atomic E-state index is -0.646. The van der Waals surface area contributed by atoms with Gasteiger partial charge in [-0.3, -0.25) is 24.1 Å². The van der Waals surface area contributed by atoms with Gasteiger partial charge < -0.3 is 15.2 Å². The molecule has 1 aromatic rings. The summed E-state index contributed by atoms with van der Waals surface area (Å²) in [6.45, 7) is 2.67. The summed E-state index contributed by atoms with van der Waals surface area (Å²) in [6.07, 6.45) is 1.20. The lowest BCUT2D eigenvalue weighted by Crippen LogP contribution is -2.35. The number of thioether (sulfide) groups is 1. The van der Waals surface area contributed by atoms with Crippen LogP contribution in [0.4, 0.5) is 4.79 Å². The highest BCUT2D eigenvalue weighted by atomic mass is 79.9. The molecule has 2 rings (SSSR count). The molecule has 0 spiro atoms. The molecule has 2 N–H and O–H groups in total. The topological polar surface area (TPSA) is 116 Å². The number of ether oxygens (including phenoxy) is 2. The lowest BCUT2D eigenvalue weighted by molar-refractivity contribution is -0.149. The molecule has 0 radical (unpaired) electrons. The summed E-state index contributed by atoms with van der Waals surface area (Å²) in [4.78, 5) is 47.9. The Morgan fingerprint density at radius 1 is 1.33 bits per heavy atom. The summed E-state index contributed by atoms with van der Waals surface area (Å²) in [5, 5.41) is -0.535. The Kier molecular flexibility index (Phi) is 7.03. The van der Waals surface area contributed by atoms with E-state index in [4.69, 9.17) is 15.2 Å². The van der Waals surface area contributed by atoms with E-state index in [9.17, 15) is 19.2 Å². The van der Waals surface area contributed by atoms with Crippen LogP contribution < -0.4 is 10.5 Å². The summed E-state index contributed by atoms with van der Waals surface area (Å²) in [6, 6.07) is 4.92. The van der Waals surface area contributed by atoms with Crippen molar-refractivity contribution in [2.75, 3.05) is 13.2 Å². The molecule has 1 heterocycles. The van der Waals surface area contributed by atoms with Gasteiger partial charge in [-0.2, -0.15) is 0 Å². The minimum Gasteiger partial charge on any atom is -0.483 e. The van der Waals surface area contributed by atoms with Gasteiger partial charge in [0, 0.05) is 0 Å². The molecule has 144 valence electrons. The molecular formula is C17H17BrN2O6S. The van der Waals surface area contributed by atoms with Crippen molar-refractivity contribution in [1.82, 2.24) is 4.90 Å². The largest absolute Gasteiger partial charge is 0.483 e. The minimum absolute atomic E-state index is 0.190. The van der Waals surface area contributed by atoms with Crippen LogP contribution in [0.1, 0.15) is 19.4 Å². The van der Waals surface area contributed by atoms with Crippen LogP contribution in [0.25, 0.3) is 6.08 Å². The Hall–Kier alpha value is -2.33. The molecular weight excluding hydrogens is 440 g/mol. The zero-order chi connectivity index (χ0) is 20.1. The second kappa shape index (κ2) is 9.05. The van der Waals surface area contributed by atoms with Crippen molar-refractivity contribution in [3.8, 4) is 5.75 Å². The number of rotatable bonds is 7. The molecule has 0 bridgehead atoms. The molecule has 0 aromatic heterocycles. The van der Waals surface area contributed by atoms with E-state index in [1.54, 1.807) is 32.0 Å². The Morgan fingerprint density at radius 2 is 2.04 bits per heavy atom. The van der Waals surface area contributed by atoms with Gasteiger partial charge in [-0.25, -0.2) is 0 Å². The maximum Gasteiger partial charge on any atom is 0.326 e. The van der Waals surface area contributed by atoms with E-state index in [0.29, 0.717) is 15.8 Å². The zero-order valence-corrected chi connectivity index (χ0v) is 17.0. The fourth-order valence-electron chi connectivity index (χ4n) is 2.09. The quantitative estimate of drug-likeness (QED) is 0.493. The van der Waals surface area contributed by atoms with Crippen LogP contribution in [0, 0.1) is 0 Å². The number of amides is 3. The van der Waals surface area contributed by atoms with Crippen molar-refractivity contribution in [2.45, 2.75) is 20.0 Å². The molecule has 0 atom stereocenters. The van der Waals surface area contributed by atoms with Crippen LogP contribution >= 0.6 is 27.7 Å². The average Bonchev–Trinajstić information content (AvgIpc) is 2.80. The summed E-state index contributed by atoms with van der Waals surface area (Å²) in [7, 11) is 0. The number of primary amides is 1. The van der Waals surface area contributed by atoms with Crippen molar-refractivity contribution in [1.29, 1.82) is 0 Å². The Morgan fingerprint density at radius 3 is 2.63 bits per heavy atom. The number of esters is 1. The highest BCUT2D eigenvalue weighted by Gasteiger charge is 2.36. The third kappa shape index (κ3) is 5.83. The highest BCUT2D eigenvalue weighted by Crippen LogP contribution is 2.33. The molecule has 1 aliphatic heterocycles. The number of carbonyl (C=O) groups excluding carboxylic acids is 4. The molecule has 0 unspecified atom stereocenters. The summed E-state index contributed by atoms with van der Waals surface area (Å²) in [5.74, 6) is -1.39. The van der Waals surface area contributed by atoms with E-state index in [1.807, 2.05) is 0 Å². The first kappa shape index (κ1) is 21.0. The van der Waals surface area contributed by atoms with Crippen LogP contribution in [-0.2, 0) is 19.1 Å². The van der Waals surface area contributed by atoms with E-state index in [1.165, 1.54) is 6.08 Å². The van der Waals surface area contributed by atoms with Crippen LogP contribution in [0.2, 0.25) is 0 Å². The highest BCUT2D eigenvalue weighted by molar-refractivity contribution is 9.10. The molecule has 1 saturated heterocycles. The van der Waals surface area contributed by atoms with Crippen molar-refractivity contribution >= 4 is 56.8 Å². The normalized spacial score (nSPS) is 15.6. The first-order valence-electron chi connectivity index (χ1n) is 7.83. The Balaban J connectivity index is 2.11. The van der Waals surface area contributed by atoms with Crippen LogP contribution in [0.5, 0.6) is 5.75 Å². The Labute approximate surface area is 168 Å². The third-order valence-electron chi connectivity index (χ3n) is 3.15. The predicted octanol–water partition coefficient (Wildman–Crippen LogP) is 2.30. The van der Waals surface area contributed by atoms with Crippen molar-refractivity contribution < 1.29 is 28.7 Å². The maximum atomic E-state index is 12.4. The van der Waals surface area contributed by atoms with E-state index < -0.39 is 29.6 Å². The predicted molar refractivity (Wildman–Crippen MR) is 103 cm³/mol. The van der Waals surface area contributed by atoms with Gasteiger partial charge in [0.2, 0.25) is 0 Å². The lowest BCUT2D eigenvalue weighted by Gasteiger charge is -2.13. The van der Waals surface area contributed by atoms with E-state index in [0.717, 1.165) is 16.7 Å². The van der Waals surface area contributed by atoms with Gasteiger partial charge in [0.05, 0.1) is 15.5 Å². The standard InChI is InChI=1S/C17H17BrN2O6S/c1-9(2)26-15(22)7-20-16(23)13(27-17(20)24)6-10-3-4-12(11(18)5-10)25-8-14(19)21/h3-6,9H,7-8H2,1-2H3,(H2,19,21)/b13-6-. The number of nitrogens with zero attached hydrogens (tertiary/aromatic N) is 1. The number of halogens is 1. The molecule has 1 aliphatic rings. The number of benzene rings is 1. The first-order chi connectivity index (χ1) is 12.7. The van der Waals surface area contributed by atoms with Crippen molar-refractivity contribution in [2.24, 2.45) is 5.73 Å². The number of carbonyl (C=O) groups is 4. The molecule has 1 aromatic carbocycles.